The molecular weight excluding hydrogens is 506 g/mol. The van der Waals surface area contributed by atoms with Crippen LogP contribution in [0.15, 0.2) is 17.5 Å². The Balaban J connectivity index is 1.86. The van der Waals surface area contributed by atoms with E-state index >= 15 is 0 Å². The van der Waals surface area contributed by atoms with Gasteiger partial charge in [-0.25, -0.2) is 0 Å². The number of nitrogens with zero attached hydrogens (tertiary/aromatic N) is 2. The van der Waals surface area contributed by atoms with E-state index < -0.39 is 6.04 Å². The Bertz CT molecular complexity index is 1030. The van der Waals surface area contributed by atoms with E-state index in [1.807, 2.05) is 31.4 Å². The predicted octanol–water partition coefficient (Wildman–Crippen LogP) is 5.07. The van der Waals surface area contributed by atoms with Gasteiger partial charge in [0.25, 0.3) is 11.8 Å². The first-order valence-corrected chi connectivity index (χ1v) is 15.0. The molecule has 0 aliphatic heterocycles. The third-order valence-corrected chi connectivity index (χ3v) is 8.35. The van der Waals surface area contributed by atoms with Crippen LogP contribution in [0.5, 0.6) is 0 Å². The van der Waals surface area contributed by atoms with Gasteiger partial charge in [0.05, 0.1) is 12.2 Å². The highest BCUT2D eigenvalue weighted by Crippen LogP contribution is 2.28. The van der Waals surface area contributed by atoms with Crippen molar-refractivity contribution >= 4 is 46.3 Å². The fraction of sp³-hybridized carbons (Fsp3) is 0.630. The number of carbonyl (C=O) groups is 3. The first kappa shape index (κ1) is 29.1. The number of thiophene rings is 1. The van der Waals surface area contributed by atoms with Crippen molar-refractivity contribution in [2.75, 3.05) is 12.3 Å². The molecule has 0 spiro atoms. The molecule has 204 valence electrons. The van der Waals surface area contributed by atoms with Crippen molar-refractivity contribution in [2.24, 2.45) is 11.8 Å². The van der Waals surface area contributed by atoms with Gasteiger partial charge in [0.15, 0.2) is 5.69 Å². The number of nitrogen functional groups attached to an aromatic ring is 1. The topological polar surface area (TPSA) is 117 Å². The molecule has 3 rings (SSSR count). The molecule has 2 heterocycles. The SMILES string of the molecule is CC(C)CCNC(=O)C(CC(C)C)N(Cc1cccs1)C(=O)c1snc(C(=O)NC2CCCCC2)c1N. The Morgan fingerprint density at radius 3 is 2.49 bits per heavy atom. The zero-order chi connectivity index (χ0) is 26.9. The van der Waals surface area contributed by atoms with E-state index in [-0.39, 0.29) is 52.5 Å². The molecule has 1 aliphatic carbocycles. The van der Waals surface area contributed by atoms with E-state index in [0.717, 1.165) is 48.5 Å². The molecule has 3 amide bonds. The zero-order valence-electron chi connectivity index (χ0n) is 22.4. The Kier molecular flexibility index (Phi) is 10.9. The largest absolute Gasteiger partial charge is 0.395 e. The Morgan fingerprint density at radius 2 is 1.86 bits per heavy atom. The molecule has 1 saturated carbocycles. The lowest BCUT2D eigenvalue weighted by Crippen LogP contribution is -2.50. The third kappa shape index (κ3) is 8.26. The summed E-state index contributed by atoms with van der Waals surface area (Å²) in [5.74, 6) is -0.227. The predicted molar refractivity (Wildman–Crippen MR) is 151 cm³/mol. The van der Waals surface area contributed by atoms with Crippen LogP contribution in [-0.4, -0.2) is 45.6 Å². The quantitative estimate of drug-likeness (QED) is 0.343. The highest BCUT2D eigenvalue weighted by atomic mass is 32.1. The number of rotatable bonds is 12. The number of amides is 3. The second-order valence-electron chi connectivity index (χ2n) is 10.7. The summed E-state index contributed by atoms with van der Waals surface area (Å²) in [7, 11) is 0. The fourth-order valence-electron chi connectivity index (χ4n) is 4.56. The minimum absolute atomic E-state index is 0.0861. The Labute approximate surface area is 228 Å². The van der Waals surface area contributed by atoms with Crippen LogP contribution in [0, 0.1) is 11.8 Å². The maximum Gasteiger partial charge on any atom is 0.273 e. The van der Waals surface area contributed by atoms with Crippen LogP contribution in [0.25, 0.3) is 0 Å². The van der Waals surface area contributed by atoms with E-state index in [0.29, 0.717) is 18.9 Å². The van der Waals surface area contributed by atoms with Gasteiger partial charge in [0.2, 0.25) is 5.91 Å². The van der Waals surface area contributed by atoms with E-state index in [1.54, 1.807) is 4.90 Å². The van der Waals surface area contributed by atoms with Gasteiger partial charge in [-0.1, -0.05) is 53.0 Å². The summed E-state index contributed by atoms with van der Waals surface area (Å²) in [5, 5.41) is 8.01. The molecule has 2 aromatic heterocycles. The van der Waals surface area contributed by atoms with E-state index in [1.165, 1.54) is 17.8 Å². The number of carbonyl (C=O) groups excluding carboxylic acids is 3. The fourth-order valence-corrected chi connectivity index (χ4v) is 6.02. The van der Waals surface area contributed by atoms with Crippen molar-refractivity contribution in [1.29, 1.82) is 0 Å². The van der Waals surface area contributed by atoms with Crippen molar-refractivity contribution in [2.45, 2.75) is 91.3 Å². The van der Waals surface area contributed by atoms with Crippen molar-refractivity contribution < 1.29 is 14.4 Å². The molecule has 0 radical (unpaired) electrons. The van der Waals surface area contributed by atoms with Gasteiger partial charge in [-0.05, 0) is 60.5 Å². The minimum Gasteiger partial charge on any atom is -0.395 e. The average molecular weight is 548 g/mol. The summed E-state index contributed by atoms with van der Waals surface area (Å²) in [5.41, 5.74) is 6.53. The van der Waals surface area contributed by atoms with Crippen LogP contribution in [0.1, 0.15) is 97.7 Å². The first-order chi connectivity index (χ1) is 17.7. The van der Waals surface area contributed by atoms with Gasteiger partial charge >= 0.3 is 0 Å². The van der Waals surface area contributed by atoms with Crippen LogP contribution >= 0.6 is 22.9 Å². The summed E-state index contributed by atoms with van der Waals surface area (Å²) in [6.07, 6.45) is 6.63. The molecule has 0 saturated heterocycles. The van der Waals surface area contributed by atoms with Gasteiger partial charge in [-0.15, -0.1) is 11.3 Å². The summed E-state index contributed by atoms with van der Waals surface area (Å²) < 4.78 is 4.27. The van der Waals surface area contributed by atoms with Crippen LogP contribution in [0.3, 0.4) is 0 Å². The monoisotopic (exact) mass is 547 g/mol. The molecule has 1 fully saturated rings. The lowest BCUT2D eigenvalue weighted by molar-refractivity contribution is -0.126. The van der Waals surface area contributed by atoms with Crippen molar-refractivity contribution in [3.8, 4) is 0 Å². The highest BCUT2D eigenvalue weighted by Gasteiger charge is 2.34. The number of anilines is 1. The smallest absolute Gasteiger partial charge is 0.273 e. The molecule has 8 nitrogen and oxygen atoms in total. The molecule has 37 heavy (non-hydrogen) atoms. The minimum atomic E-state index is -0.664. The lowest BCUT2D eigenvalue weighted by atomic mass is 9.95. The molecule has 10 heteroatoms. The summed E-state index contributed by atoms with van der Waals surface area (Å²) in [6, 6.07) is 3.33. The maximum absolute atomic E-state index is 13.9. The van der Waals surface area contributed by atoms with Gasteiger partial charge in [0.1, 0.15) is 10.9 Å². The number of hydrogen-bond donors (Lipinski definition) is 3. The molecule has 1 aliphatic rings. The molecule has 4 N–H and O–H groups in total. The lowest BCUT2D eigenvalue weighted by Gasteiger charge is -2.31. The molecular formula is C27H41N5O3S2. The number of nitrogens with two attached hydrogens (primary N) is 1. The number of aromatic nitrogens is 1. The van der Waals surface area contributed by atoms with E-state index in [2.05, 4.69) is 28.9 Å². The van der Waals surface area contributed by atoms with Crippen LogP contribution in [-0.2, 0) is 11.3 Å². The molecule has 1 unspecified atom stereocenters. The molecule has 0 bridgehead atoms. The van der Waals surface area contributed by atoms with Gasteiger partial charge < -0.3 is 21.3 Å². The Hall–Kier alpha value is -2.46. The second kappa shape index (κ2) is 13.9. The van der Waals surface area contributed by atoms with Crippen molar-refractivity contribution in [3.63, 3.8) is 0 Å². The standard InChI is InChI=1S/C27H41N5O3S2/c1-17(2)12-13-29-25(33)21(15-18(3)4)32(16-20-11-8-14-36-20)27(35)24-22(28)23(31-37-24)26(34)30-19-9-6-5-7-10-19/h8,11,14,17-19,21H,5-7,9-10,12-13,15-16,28H2,1-4H3,(H,29,33)(H,30,34). The average Bonchev–Trinajstić information content (AvgIpc) is 3.50. The van der Waals surface area contributed by atoms with Crippen molar-refractivity contribution in [1.82, 2.24) is 19.9 Å². The van der Waals surface area contributed by atoms with Crippen LogP contribution in [0.2, 0.25) is 0 Å². The Morgan fingerprint density at radius 1 is 1.14 bits per heavy atom. The number of nitrogens with one attached hydrogen (secondary N) is 2. The maximum atomic E-state index is 13.9. The first-order valence-electron chi connectivity index (χ1n) is 13.3. The normalized spacial score (nSPS) is 15.1. The summed E-state index contributed by atoms with van der Waals surface area (Å²) in [6.45, 7) is 9.14. The van der Waals surface area contributed by atoms with E-state index in [4.69, 9.17) is 5.73 Å². The molecule has 1 atom stereocenters. The second-order valence-corrected chi connectivity index (χ2v) is 12.5. The van der Waals surface area contributed by atoms with Crippen molar-refractivity contribution in [3.05, 3.63) is 33.0 Å². The highest BCUT2D eigenvalue weighted by molar-refractivity contribution is 7.10. The zero-order valence-corrected chi connectivity index (χ0v) is 24.1. The summed E-state index contributed by atoms with van der Waals surface area (Å²) in [4.78, 5) is 43.0. The van der Waals surface area contributed by atoms with E-state index in [9.17, 15) is 14.4 Å². The third-order valence-electron chi connectivity index (χ3n) is 6.64. The van der Waals surface area contributed by atoms with Gasteiger partial charge in [0, 0.05) is 17.5 Å². The van der Waals surface area contributed by atoms with Crippen LogP contribution in [0.4, 0.5) is 5.69 Å². The van der Waals surface area contributed by atoms with Gasteiger partial charge in [-0.3, -0.25) is 14.4 Å². The molecule has 2 aromatic rings. The van der Waals surface area contributed by atoms with Crippen LogP contribution < -0.4 is 16.4 Å². The number of hydrogen-bond acceptors (Lipinski definition) is 7. The molecule has 0 aromatic carbocycles. The summed E-state index contributed by atoms with van der Waals surface area (Å²) >= 11 is 2.46. The van der Waals surface area contributed by atoms with Gasteiger partial charge in [-0.2, -0.15) is 4.37 Å².